The quantitative estimate of drug-likeness (QED) is 0.864. The fourth-order valence-corrected chi connectivity index (χ4v) is 2.49. The SMILES string of the molecule is Cc1ccccc1CC(C)C(=O)Nc1ccc(Cl)cc1C(=O)O. The first kappa shape index (κ1) is 17.0. The number of aryl methyl sites for hydroxylation is 1. The van der Waals surface area contributed by atoms with Crippen LogP contribution in [0.5, 0.6) is 0 Å². The molecular weight excluding hydrogens is 314 g/mol. The van der Waals surface area contributed by atoms with E-state index in [1.54, 1.807) is 6.07 Å². The number of anilines is 1. The number of halogens is 1. The molecule has 2 aromatic carbocycles. The van der Waals surface area contributed by atoms with Crippen molar-refractivity contribution in [3.63, 3.8) is 0 Å². The highest BCUT2D eigenvalue weighted by atomic mass is 35.5. The van der Waals surface area contributed by atoms with Crippen molar-refractivity contribution in [1.82, 2.24) is 0 Å². The third-order valence-corrected chi connectivity index (χ3v) is 3.94. The Labute approximate surface area is 140 Å². The summed E-state index contributed by atoms with van der Waals surface area (Å²) < 4.78 is 0. The van der Waals surface area contributed by atoms with E-state index < -0.39 is 5.97 Å². The number of carbonyl (C=O) groups is 2. The average Bonchev–Trinajstić information content (AvgIpc) is 2.51. The molecule has 0 bridgehead atoms. The number of hydrogen-bond donors (Lipinski definition) is 2. The molecule has 0 fully saturated rings. The summed E-state index contributed by atoms with van der Waals surface area (Å²) in [7, 11) is 0. The Kier molecular flexibility index (Phi) is 5.40. The first-order chi connectivity index (χ1) is 10.9. The molecule has 2 rings (SSSR count). The summed E-state index contributed by atoms with van der Waals surface area (Å²) in [5.41, 5.74) is 2.46. The molecule has 120 valence electrons. The smallest absolute Gasteiger partial charge is 0.337 e. The summed E-state index contributed by atoms with van der Waals surface area (Å²) in [4.78, 5) is 23.6. The number of carbonyl (C=O) groups excluding carboxylic acids is 1. The first-order valence-electron chi connectivity index (χ1n) is 7.26. The van der Waals surface area contributed by atoms with Crippen molar-refractivity contribution < 1.29 is 14.7 Å². The van der Waals surface area contributed by atoms with E-state index in [1.165, 1.54) is 12.1 Å². The number of amides is 1. The highest BCUT2D eigenvalue weighted by Crippen LogP contribution is 2.22. The van der Waals surface area contributed by atoms with Gasteiger partial charge in [0.15, 0.2) is 0 Å². The molecule has 2 N–H and O–H groups in total. The van der Waals surface area contributed by atoms with Gasteiger partial charge >= 0.3 is 5.97 Å². The van der Waals surface area contributed by atoms with Gasteiger partial charge in [-0.1, -0.05) is 42.8 Å². The minimum Gasteiger partial charge on any atom is -0.478 e. The molecule has 0 heterocycles. The molecule has 1 atom stereocenters. The standard InChI is InChI=1S/C18H18ClNO3/c1-11-5-3-4-6-13(11)9-12(2)17(21)20-16-8-7-14(19)10-15(16)18(22)23/h3-8,10,12H,9H2,1-2H3,(H,20,21)(H,22,23). The maximum Gasteiger partial charge on any atom is 0.337 e. The lowest BCUT2D eigenvalue weighted by atomic mass is 9.96. The van der Waals surface area contributed by atoms with Crippen LogP contribution in [-0.2, 0) is 11.2 Å². The Morgan fingerprint density at radius 2 is 1.91 bits per heavy atom. The van der Waals surface area contributed by atoms with Crippen LogP contribution in [0.1, 0.15) is 28.4 Å². The number of nitrogens with one attached hydrogen (secondary N) is 1. The van der Waals surface area contributed by atoms with Crippen molar-refractivity contribution in [1.29, 1.82) is 0 Å². The van der Waals surface area contributed by atoms with E-state index in [2.05, 4.69) is 5.32 Å². The predicted molar refractivity (Wildman–Crippen MR) is 91.1 cm³/mol. The van der Waals surface area contributed by atoms with Crippen molar-refractivity contribution in [2.75, 3.05) is 5.32 Å². The molecule has 2 aromatic rings. The molecule has 0 aromatic heterocycles. The van der Waals surface area contributed by atoms with Crippen molar-refractivity contribution >= 4 is 29.2 Å². The summed E-state index contributed by atoms with van der Waals surface area (Å²) in [5, 5.41) is 12.2. The van der Waals surface area contributed by atoms with Crippen molar-refractivity contribution in [2.45, 2.75) is 20.3 Å². The Morgan fingerprint density at radius 1 is 1.22 bits per heavy atom. The van der Waals surface area contributed by atoms with Crippen molar-refractivity contribution in [2.24, 2.45) is 5.92 Å². The zero-order valence-electron chi connectivity index (χ0n) is 13.0. The van der Waals surface area contributed by atoms with Gasteiger partial charge in [-0.25, -0.2) is 4.79 Å². The van der Waals surface area contributed by atoms with Crippen LogP contribution in [0.15, 0.2) is 42.5 Å². The lowest BCUT2D eigenvalue weighted by Crippen LogP contribution is -2.23. The van der Waals surface area contributed by atoms with Gasteiger partial charge in [-0.3, -0.25) is 4.79 Å². The molecule has 0 saturated heterocycles. The van der Waals surface area contributed by atoms with Gasteiger partial charge in [0.25, 0.3) is 0 Å². The van der Waals surface area contributed by atoms with E-state index in [1.807, 2.05) is 38.1 Å². The van der Waals surface area contributed by atoms with Gasteiger partial charge in [0, 0.05) is 10.9 Å². The fraction of sp³-hybridized carbons (Fsp3) is 0.222. The summed E-state index contributed by atoms with van der Waals surface area (Å²) in [6, 6.07) is 12.3. The van der Waals surface area contributed by atoms with Gasteiger partial charge in [0.05, 0.1) is 11.3 Å². The van der Waals surface area contributed by atoms with Crippen LogP contribution >= 0.6 is 11.6 Å². The molecular formula is C18H18ClNO3. The number of carboxylic acid groups (broad SMARTS) is 1. The van der Waals surface area contributed by atoms with Crippen LogP contribution in [0.25, 0.3) is 0 Å². The Balaban J connectivity index is 2.13. The summed E-state index contributed by atoms with van der Waals surface area (Å²) in [6.07, 6.45) is 0.592. The Morgan fingerprint density at radius 3 is 2.57 bits per heavy atom. The second-order valence-corrected chi connectivity index (χ2v) is 5.95. The van der Waals surface area contributed by atoms with Gasteiger partial charge in [-0.15, -0.1) is 0 Å². The van der Waals surface area contributed by atoms with Gasteiger partial charge in [-0.05, 0) is 42.7 Å². The van der Waals surface area contributed by atoms with E-state index in [0.717, 1.165) is 11.1 Å². The third-order valence-electron chi connectivity index (χ3n) is 3.70. The second kappa shape index (κ2) is 7.29. The fourth-order valence-electron chi connectivity index (χ4n) is 2.32. The van der Waals surface area contributed by atoms with Crippen molar-refractivity contribution in [3.05, 3.63) is 64.2 Å². The monoisotopic (exact) mass is 331 g/mol. The lowest BCUT2D eigenvalue weighted by Gasteiger charge is -2.15. The van der Waals surface area contributed by atoms with Gasteiger partial charge in [-0.2, -0.15) is 0 Å². The molecule has 0 aliphatic heterocycles. The summed E-state index contributed by atoms with van der Waals surface area (Å²) in [5.74, 6) is -1.64. The summed E-state index contributed by atoms with van der Waals surface area (Å²) in [6.45, 7) is 3.82. The number of benzene rings is 2. The van der Waals surface area contributed by atoms with Gasteiger partial charge < -0.3 is 10.4 Å². The normalized spacial score (nSPS) is 11.8. The minimum atomic E-state index is -1.13. The highest BCUT2D eigenvalue weighted by molar-refractivity contribution is 6.31. The molecule has 1 amide bonds. The lowest BCUT2D eigenvalue weighted by molar-refractivity contribution is -0.119. The minimum absolute atomic E-state index is 0.0195. The molecule has 0 saturated carbocycles. The van der Waals surface area contributed by atoms with E-state index in [9.17, 15) is 14.7 Å². The van der Waals surface area contributed by atoms with Crippen LogP contribution in [0.4, 0.5) is 5.69 Å². The molecule has 23 heavy (non-hydrogen) atoms. The van der Waals surface area contributed by atoms with Crippen molar-refractivity contribution in [3.8, 4) is 0 Å². The zero-order chi connectivity index (χ0) is 17.0. The van der Waals surface area contributed by atoms with E-state index in [-0.39, 0.29) is 23.1 Å². The maximum absolute atomic E-state index is 12.4. The molecule has 1 unspecified atom stereocenters. The number of carboxylic acids is 1. The molecule has 0 aliphatic rings. The van der Waals surface area contributed by atoms with Crippen LogP contribution < -0.4 is 5.32 Å². The molecule has 0 radical (unpaired) electrons. The molecule has 0 aliphatic carbocycles. The van der Waals surface area contributed by atoms with E-state index >= 15 is 0 Å². The second-order valence-electron chi connectivity index (χ2n) is 5.52. The van der Waals surface area contributed by atoms with Crippen LogP contribution in [0.2, 0.25) is 5.02 Å². The number of aromatic carboxylic acids is 1. The summed E-state index contributed by atoms with van der Waals surface area (Å²) >= 11 is 5.81. The van der Waals surface area contributed by atoms with Crippen LogP contribution in [-0.4, -0.2) is 17.0 Å². The molecule has 4 nitrogen and oxygen atoms in total. The van der Waals surface area contributed by atoms with Crippen LogP contribution in [0, 0.1) is 12.8 Å². The zero-order valence-corrected chi connectivity index (χ0v) is 13.7. The van der Waals surface area contributed by atoms with Gasteiger partial charge in [0.2, 0.25) is 5.91 Å². The Hall–Kier alpha value is -2.33. The molecule has 0 spiro atoms. The topological polar surface area (TPSA) is 66.4 Å². The number of hydrogen-bond acceptors (Lipinski definition) is 2. The average molecular weight is 332 g/mol. The van der Waals surface area contributed by atoms with E-state index in [4.69, 9.17) is 11.6 Å². The molecule has 5 heteroatoms. The maximum atomic E-state index is 12.4. The first-order valence-corrected chi connectivity index (χ1v) is 7.64. The predicted octanol–water partition coefficient (Wildman–Crippen LogP) is 4.16. The van der Waals surface area contributed by atoms with E-state index in [0.29, 0.717) is 11.4 Å². The third kappa shape index (κ3) is 4.33. The Bertz CT molecular complexity index is 743. The van der Waals surface area contributed by atoms with Gasteiger partial charge in [0.1, 0.15) is 0 Å². The number of rotatable bonds is 5. The van der Waals surface area contributed by atoms with Crippen LogP contribution in [0.3, 0.4) is 0 Å². The highest BCUT2D eigenvalue weighted by Gasteiger charge is 2.18. The largest absolute Gasteiger partial charge is 0.478 e.